The van der Waals surface area contributed by atoms with E-state index in [0.29, 0.717) is 19.6 Å². The van der Waals surface area contributed by atoms with Gasteiger partial charge in [-0.15, -0.1) is 0 Å². The maximum atomic E-state index is 12.0. The molecule has 0 aliphatic carbocycles. The minimum absolute atomic E-state index is 0.114. The van der Waals surface area contributed by atoms with Crippen molar-refractivity contribution in [1.82, 2.24) is 10.2 Å². The van der Waals surface area contributed by atoms with E-state index in [2.05, 4.69) is 29.4 Å². The number of carbonyl (C=O) groups excluding carboxylic acids is 1. The van der Waals surface area contributed by atoms with Crippen LogP contribution >= 0.6 is 0 Å². The topological polar surface area (TPSA) is 73.8 Å². The second-order valence-electron chi connectivity index (χ2n) is 5.74. The first-order chi connectivity index (χ1) is 11.1. The third kappa shape index (κ3) is 5.49. The number of hydrogen-bond acceptors (Lipinski definition) is 5. The van der Waals surface area contributed by atoms with Gasteiger partial charge in [-0.1, -0.05) is 13.8 Å². The normalized spacial score (nSPS) is 20.7. The third-order valence-corrected chi connectivity index (χ3v) is 4.12. The average molecular weight is 321 g/mol. The smallest absolute Gasteiger partial charge is 0.241 e. The zero-order valence-corrected chi connectivity index (χ0v) is 13.9. The molecule has 128 valence electrons. The lowest BCUT2D eigenvalue weighted by atomic mass is 10.2. The number of anilines is 1. The predicted octanol–water partition coefficient (Wildman–Crippen LogP) is 1.07. The summed E-state index contributed by atoms with van der Waals surface area (Å²) in [5.41, 5.74) is 0.731. The molecule has 2 unspecified atom stereocenters. The highest BCUT2D eigenvalue weighted by Gasteiger charge is 2.27. The zero-order chi connectivity index (χ0) is 16.7. The van der Waals surface area contributed by atoms with Crippen molar-refractivity contribution in [3.63, 3.8) is 0 Å². The van der Waals surface area contributed by atoms with Crippen LogP contribution in [0.4, 0.5) is 5.69 Å². The highest BCUT2D eigenvalue weighted by atomic mass is 16.5. The van der Waals surface area contributed by atoms with E-state index < -0.39 is 6.10 Å². The molecule has 1 aromatic rings. The molecule has 1 saturated heterocycles. The van der Waals surface area contributed by atoms with Crippen LogP contribution in [0.3, 0.4) is 0 Å². The Morgan fingerprint density at radius 2 is 2.04 bits per heavy atom. The summed E-state index contributed by atoms with van der Waals surface area (Å²) in [7, 11) is 0. The summed E-state index contributed by atoms with van der Waals surface area (Å²) < 4.78 is 5.71. The number of rotatable bonds is 8. The van der Waals surface area contributed by atoms with Gasteiger partial charge in [0, 0.05) is 18.8 Å². The number of ether oxygens (including phenoxy) is 1. The van der Waals surface area contributed by atoms with Gasteiger partial charge in [0.1, 0.15) is 12.4 Å². The van der Waals surface area contributed by atoms with Gasteiger partial charge in [-0.3, -0.25) is 4.79 Å². The Bertz CT molecular complexity index is 488. The van der Waals surface area contributed by atoms with Crippen LogP contribution in [-0.2, 0) is 4.79 Å². The number of aliphatic hydroxyl groups is 1. The van der Waals surface area contributed by atoms with Crippen LogP contribution in [0, 0.1) is 0 Å². The van der Waals surface area contributed by atoms with Crippen LogP contribution in [0.1, 0.15) is 20.3 Å². The molecular weight excluding hydrogens is 294 g/mol. The van der Waals surface area contributed by atoms with Crippen molar-refractivity contribution in [3.05, 3.63) is 24.3 Å². The molecule has 0 radical (unpaired) electrons. The number of nitrogens with one attached hydrogen (secondary N) is 2. The number of likely N-dealkylation sites (N-methyl/N-ethyl adjacent to an activating group) is 1. The Balaban J connectivity index is 1.77. The summed E-state index contributed by atoms with van der Waals surface area (Å²) >= 11 is 0. The van der Waals surface area contributed by atoms with Crippen molar-refractivity contribution in [2.45, 2.75) is 32.4 Å². The average Bonchev–Trinajstić information content (AvgIpc) is 3.00. The van der Waals surface area contributed by atoms with Crippen molar-refractivity contribution >= 4 is 11.6 Å². The quantitative estimate of drug-likeness (QED) is 0.668. The molecule has 3 N–H and O–H groups in total. The van der Waals surface area contributed by atoms with Crippen molar-refractivity contribution in [3.8, 4) is 5.75 Å². The number of hydrogen-bond donors (Lipinski definition) is 3. The fourth-order valence-corrected chi connectivity index (χ4v) is 2.61. The molecule has 1 aliphatic heterocycles. The fourth-order valence-electron chi connectivity index (χ4n) is 2.61. The van der Waals surface area contributed by atoms with E-state index in [1.165, 1.54) is 0 Å². The molecule has 1 heterocycles. The molecule has 23 heavy (non-hydrogen) atoms. The van der Waals surface area contributed by atoms with Gasteiger partial charge in [-0.2, -0.15) is 0 Å². The number of benzene rings is 1. The molecule has 0 spiro atoms. The Hall–Kier alpha value is -1.63. The summed E-state index contributed by atoms with van der Waals surface area (Å²) in [5.74, 6) is 0.682. The van der Waals surface area contributed by atoms with Gasteiger partial charge in [-0.25, -0.2) is 0 Å². The lowest BCUT2D eigenvalue weighted by Gasteiger charge is -2.18. The van der Waals surface area contributed by atoms with Gasteiger partial charge in [0.15, 0.2) is 0 Å². The van der Waals surface area contributed by atoms with E-state index in [0.717, 1.165) is 31.1 Å². The van der Waals surface area contributed by atoms with Crippen LogP contribution in [0.2, 0.25) is 0 Å². The molecular formula is C17H27N3O3. The van der Waals surface area contributed by atoms with E-state index in [-0.39, 0.29) is 11.9 Å². The lowest BCUT2D eigenvalue weighted by molar-refractivity contribution is -0.117. The molecule has 0 bridgehead atoms. The number of β-amino-alcohol motifs (C(OH)–C–C–N with tert-alkyl or cyclic N) is 1. The number of aliphatic hydroxyl groups excluding tert-OH is 1. The minimum Gasteiger partial charge on any atom is -0.492 e. The van der Waals surface area contributed by atoms with Crippen LogP contribution in [0.5, 0.6) is 5.75 Å². The van der Waals surface area contributed by atoms with Crippen LogP contribution in [0.15, 0.2) is 24.3 Å². The fraction of sp³-hybridized carbons (Fsp3) is 0.588. The summed E-state index contributed by atoms with van der Waals surface area (Å²) in [6.45, 7) is 8.34. The second-order valence-corrected chi connectivity index (χ2v) is 5.74. The summed E-state index contributed by atoms with van der Waals surface area (Å²) in [6.07, 6.45) is 0.0191. The minimum atomic E-state index is -0.438. The maximum Gasteiger partial charge on any atom is 0.241 e. The highest BCUT2D eigenvalue weighted by molar-refractivity contribution is 5.95. The van der Waals surface area contributed by atoms with Gasteiger partial charge >= 0.3 is 0 Å². The standard InChI is InChI=1S/C17H27N3O3/c1-3-20(4-2)9-10-23-15-7-5-13(6-8-15)19-17(22)16-11-14(21)12-18-16/h5-8,14,16,18,21H,3-4,9-12H2,1-2H3,(H,19,22). The largest absolute Gasteiger partial charge is 0.492 e. The molecule has 1 aromatic carbocycles. The molecule has 1 fully saturated rings. The van der Waals surface area contributed by atoms with E-state index in [1.807, 2.05) is 24.3 Å². The second kappa shape index (κ2) is 8.86. The SMILES string of the molecule is CCN(CC)CCOc1ccc(NC(=O)C2CC(O)CN2)cc1. The highest BCUT2D eigenvalue weighted by Crippen LogP contribution is 2.17. The van der Waals surface area contributed by atoms with Crippen molar-refractivity contribution in [1.29, 1.82) is 0 Å². The van der Waals surface area contributed by atoms with Gasteiger partial charge in [-0.05, 0) is 43.8 Å². The predicted molar refractivity (Wildman–Crippen MR) is 90.8 cm³/mol. The number of nitrogens with zero attached hydrogens (tertiary/aromatic N) is 1. The van der Waals surface area contributed by atoms with E-state index in [4.69, 9.17) is 4.74 Å². The number of carbonyl (C=O) groups is 1. The molecule has 2 rings (SSSR count). The zero-order valence-electron chi connectivity index (χ0n) is 13.9. The van der Waals surface area contributed by atoms with E-state index >= 15 is 0 Å². The van der Waals surface area contributed by atoms with Crippen molar-refractivity contribution in [2.75, 3.05) is 38.1 Å². The molecule has 2 atom stereocenters. The first kappa shape index (κ1) is 17.7. The van der Waals surface area contributed by atoms with Crippen LogP contribution < -0.4 is 15.4 Å². The van der Waals surface area contributed by atoms with Gasteiger partial charge < -0.3 is 25.4 Å². The van der Waals surface area contributed by atoms with Crippen LogP contribution in [0.25, 0.3) is 0 Å². The van der Waals surface area contributed by atoms with Gasteiger partial charge in [0.25, 0.3) is 0 Å². The van der Waals surface area contributed by atoms with Gasteiger partial charge in [0.05, 0.1) is 12.1 Å². The molecule has 0 aromatic heterocycles. The van der Waals surface area contributed by atoms with E-state index in [9.17, 15) is 9.90 Å². The molecule has 1 amide bonds. The van der Waals surface area contributed by atoms with Crippen molar-refractivity contribution < 1.29 is 14.6 Å². The first-order valence-electron chi connectivity index (χ1n) is 8.30. The molecule has 0 saturated carbocycles. The van der Waals surface area contributed by atoms with E-state index in [1.54, 1.807) is 0 Å². The Morgan fingerprint density at radius 1 is 1.35 bits per heavy atom. The molecule has 1 aliphatic rings. The Labute approximate surface area is 137 Å². The Kier molecular flexibility index (Phi) is 6.83. The summed E-state index contributed by atoms with van der Waals surface area (Å²) in [4.78, 5) is 14.3. The molecule has 6 heteroatoms. The first-order valence-corrected chi connectivity index (χ1v) is 8.30. The third-order valence-electron chi connectivity index (χ3n) is 4.12. The maximum absolute atomic E-state index is 12.0. The molecule has 6 nitrogen and oxygen atoms in total. The van der Waals surface area contributed by atoms with Crippen molar-refractivity contribution in [2.24, 2.45) is 0 Å². The lowest BCUT2D eigenvalue weighted by Crippen LogP contribution is -2.35. The van der Waals surface area contributed by atoms with Gasteiger partial charge in [0.2, 0.25) is 5.91 Å². The van der Waals surface area contributed by atoms with Crippen LogP contribution in [-0.4, -0.2) is 60.8 Å². The summed E-state index contributed by atoms with van der Waals surface area (Å²) in [6, 6.07) is 7.05. The number of amides is 1. The Morgan fingerprint density at radius 3 is 2.61 bits per heavy atom. The summed E-state index contributed by atoms with van der Waals surface area (Å²) in [5, 5.41) is 15.3. The monoisotopic (exact) mass is 321 g/mol.